The summed E-state index contributed by atoms with van der Waals surface area (Å²) in [5.74, 6) is -0.219. The monoisotopic (exact) mass is 272 g/mol. The van der Waals surface area contributed by atoms with Crippen LogP contribution in [0.2, 0.25) is 5.02 Å². The van der Waals surface area contributed by atoms with Crippen LogP contribution < -0.4 is 5.43 Å². The quantitative estimate of drug-likeness (QED) is 0.675. The summed E-state index contributed by atoms with van der Waals surface area (Å²) in [7, 11) is 0. The summed E-state index contributed by atoms with van der Waals surface area (Å²) in [6, 6.07) is 14.6. The van der Waals surface area contributed by atoms with Gasteiger partial charge in [-0.25, -0.2) is 5.43 Å². The molecule has 0 saturated heterocycles. The molecule has 0 aliphatic rings. The summed E-state index contributed by atoms with van der Waals surface area (Å²) >= 11 is 5.78. The zero-order chi connectivity index (χ0) is 13.7. The molecule has 96 valence electrons. The van der Waals surface area contributed by atoms with E-state index in [1.54, 1.807) is 24.4 Å². The van der Waals surface area contributed by atoms with E-state index in [0.717, 1.165) is 11.1 Å². The highest BCUT2D eigenvalue weighted by Gasteiger charge is 2.05. The van der Waals surface area contributed by atoms with Crippen LogP contribution in [-0.4, -0.2) is 12.1 Å². The van der Waals surface area contributed by atoms with Crippen LogP contribution in [0.1, 0.15) is 21.5 Å². The Morgan fingerprint density at radius 2 is 1.84 bits per heavy atom. The second-order valence-electron chi connectivity index (χ2n) is 4.07. The van der Waals surface area contributed by atoms with Crippen LogP contribution in [0.25, 0.3) is 0 Å². The van der Waals surface area contributed by atoms with E-state index >= 15 is 0 Å². The van der Waals surface area contributed by atoms with Crippen molar-refractivity contribution >= 4 is 23.7 Å². The summed E-state index contributed by atoms with van der Waals surface area (Å²) in [5, 5.41) is 4.59. The lowest BCUT2D eigenvalue weighted by molar-refractivity contribution is 0.0954. The third-order valence-corrected chi connectivity index (χ3v) is 2.89. The number of hydrazone groups is 1. The maximum atomic E-state index is 11.9. The van der Waals surface area contributed by atoms with Crippen molar-refractivity contribution in [1.29, 1.82) is 0 Å². The number of amides is 1. The van der Waals surface area contributed by atoms with E-state index in [0.29, 0.717) is 10.6 Å². The molecule has 0 fully saturated rings. The maximum absolute atomic E-state index is 11.9. The molecule has 2 aromatic rings. The third kappa shape index (κ3) is 3.66. The van der Waals surface area contributed by atoms with Crippen LogP contribution in [0, 0.1) is 6.92 Å². The van der Waals surface area contributed by atoms with Crippen LogP contribution in [0.4, 0.5) is 0 Å². The van der Waals surface area contributed by atoms with E-state index in [4.69, 9.17) is 11.6 Å². The van der Waals surface area contributed by atoms with Gasteiger partial charge in [0.15, 0.2) is 0 Å². The molecule has 0 aliphatic carbocycles. The van der Waals surface area contributed by atoms with Gasteiger partial charge in [-0.3, -0.25) is 4.79 Å². The van der Waals surface area contributed by atoms with Crippen LogP contribution in [0.3, 0.4) is 0 Å². The first-order valence-electron chi connectivity index (χ1n) is 5.81. The number of hydrogen-bond acceptors (Lipinski definition) is 2. The molecule has 4 heteroatoms. The molecule has 1 amide bonds. The van der Waals surface area contributed by atoms with Gasteiger partial charge in [0.1, 0.15) is 0 Å². The molecular formula is C15H13ClN2O. The zero-order valence-electron chi connectivity index (χ0n) is 10.4. The summed E-state index contributed by atoms with van der Waals surface area (Å²) in [6.07, 6.45) is 1.58. The number of carbonyl (C=O) groups is 1. The van der Waals surface area contributed by atoms with Gasteiger partial charge in [0, 0.05) is 10.6 Å². The van der Waals surface area contributed by atoms with Crippen molar-refractivity contribution < 1.29 is 4.79 Å². The van der Waals surface area contributed by atoms with Crippen molar-refractivity contribution in [3.63, 3.8) is 0 Å². The van der Waals surface area contributed by atoms with E-state index in [9.17, 15) is 4.79 Å². The fraction of sp³-hybridized carbons (Fsp3) is 0.0667. The Bertz CT molecular complexity index is 606. The number of aryl methyl sites for hydroxylation is 1. The van der Waals surface area contributed by atoms with Crippen molar-refractivity contribution in [2.45, 2.75) is 6.92 Å². The standard InChI is InChI=1S/C15H13ClN2O/c1-11-4-2-3-5-14(11)15(19)18-17-10-12-6-8-13(16)9-7-12/h2-10H,1H3,(H,18,19). The van der Waals surface area contributed by atoms with Crippen LogP contribution in [0.5, 0.6) is 0 Å². The maximum Gasteiger partial charge on any atom is 0.271 e. The lowest BCUT2D eigenvalue weighted by Crippen LogP contribution is -2.18. The number of hydrogen-bond donors (Lipinski definition) is 1. The van der Waals surface area contributed by atoms with Crippen molar-refractivity contribution in [3.8, 4) is 0 Å². The molecule has 19 heavy (non-hydrogen) atoms. The predicted octanol–water partition coefficient (Wildman–Crippen LogP) is 3.41. The molecule has 0 bridgehead atoms. The molecule has 0 heterocycles. The highest BCUT2D eigenvalue weighted by atomic mass is 35.5. The minimum absolute atomic E-state index is 0.219. The van der Waals surface area contributed by atoms with Crippen molar-refractivity contribution in [2.75, 3.05) is 0 Å². The Labute approximate surface area is 116 Å². The molecule has 0 aromatic heterocycles. The smallest absolute Gasteiger partial charge is 0.267 e. The molecule has 1 N–H and O–H groups in total. The fourth-order valence-electron chi connectivity index (χ4n) is 1.60. The Kier molecular flexibility index (Phi) is 4.31. The average Bonchev–Trinajstić information content (AvgIpc) is 2.41. The van der Waals surface area contributed by atoms with Crippen LogP contribution in [-0.2, 0) is 0 Å². The molecule has 0 aliphatic heterocycles. The number of rotatable bonds is 3. The average molecular weight is 273 g/mol. The minimum Gasteiger partial charge on any atom is -0.267 e. The van der Waals surface area contributed by atoms with Gasteiger partial charge in [-0.2, -0.15) is 5.10 Å². The van der Waals surface area contributed by atoms with Gasteiger partial charge >= 0.3 is 0 Å². The Hall–Kier alpha value is -2.13. The summed E-state index contributed by atoms with van der Waals surface area (Å²) < 4.78 is 0. The molecule has 0 saturated carbocycles. The van der Waals surface area contributed by atoms with Crippen LogP contribution >= 0.6 is 11.6 Å². The molecule has 0 unspecified atom stereocenters. The highest BCUT2D eigenvalue weighted by Crippen LogP contribution is 2.08. The Morgan fingerprint density at radius 1 is 1.16 bits per heavy atom. The second kappa shape index (κ2) is 6.16. The van der Waals surface area contributed by atoms with Gasteiger partial charge in [0.25, 0.3) is 5.91 Å². The lowest BCUT2D eigenvalue weighted by atomic mass is 10.1. The number of carbonyl (C=O) groups excluding carboxylic acids is 1. The molecule has 0 spiro atoms. The Morgan fingerprint density at radius 3 is 2.53 bits per heavy atom. The fourth-order valence-corrected chi connectivity index (χ4v) is 1.73. The molecule has 3 nitrogen and oxygen atoms in total. The molecule has 2 aromatic carbocycles. The van der Waals surface area contributed by atoms with Gasteiger partial charge in [-0.05, 0) is 36.2 Å². The van der Waals surface area contributed by atoms with E-state index < -0.39 is 0 Å². The van der Waals surface area contributed by atoms with Crippen molar-refractivity contribution in [1.82, 2.24) is 5.43 Å². The Balaban J connectivity index is 2.01. The van der Waals surface area contributed by atoms with Gasteiger partial charge < -0.3 is 0 Å². The summed E-state index contributed by atoms with van der Waals surface area (Å²) in [4.78, 5) is 11.9. The number of nitrogens with zero attached hydrogens (tertiary/aromatic N) is 1. The van der Waals surface area contributed by atoms with Crippen LogP contribution in [0.15, 0.2) is 53.6 Å². The number of nitrogens with one attached hydrogen (secondary N) is 1. The number of benzene rings is 2. The van der Waals surface area contributed by atoms with Gasteiger partial charge in [0.2, 0.25) is 0 Å². The van der Waals surface area contributed by atoms with E-state index in [1.165, 1.54) is 0 Å². The van der Waals surface area contributed by atoms with Crippen molar-refractivity contribution in [2.24, 2.45) is 5.10 Å². The number of halogens is 1. The first-order chi connectivity index (χ1) is 9.16. The predicted molar refractivity (Wildman–Crippen MR) is 77.7 cm³/mol. The van der Waals surface area contributed by atoms with Gasteiger partial charge in [-0.1, -0.05) is 41.9 Å². The summed E-state index contributed by atoms with van der Waals surface area (Å²) in [5.41, 5.74) is 4.91. The zero-order valence-corrected chi connectivity index (χ0v) is 11.2. The van der Waals surface area contributed by atoms with Crippen molar-refractivity contribution in [3.05, 3.63) is 70.2 Å². The van der Waals surface area contributed by atoms with E-state index in [1.807, 2.05) is 37.3 Å². The lowest BCUT2D eigenvalue weighted by Gasteiger charge is -2.02. The SMILES string of the molecule is Cc1ccccc1C(=O)NN=Cc1ccc(Cl)cc1. The van der Waals surface area contributed by atoms with E-state index in [-0.39, 0.29) is 5.91 Å². The molecular weight excluding hydrogens is 260 g/mol. The summed E-state index contributed by atoms with van der Waals surface area (Å²) in [6.45, 7) is 1.89. The third-order valence-electron chi connectivity index (χ3n) is 2.64. The highest BCUT2D eigenvalue weighted by molar-refractivity contribution is 6.30. The largest absolute Gasteiger partial charge is 0.271 e. The minimum atomic E-state index is -0.219. The normalized spacial score (nSPS) is 10.6. The first-order valence-corrected chi connectivity index (χ1v) is 6.19. The second-order valence-corrected chi connectivity index (χ2v) is 4.50. The van der Waals surface area contributed by atoms with Gasteiger partial charge in [0.05, 0.1) is 6.21 Å². The molecule has 0 radical (unpaired) electrons. The molecule has 0 atom stereocenters. The first kappa shape index (κ1) is 13.3. The van der Waals surface area contributed by atoms with E-state index in [2.05, 4.69) is 10.5 Å². The molecule has 2 rings (SSSR count). The topological polar surface area (TPSA) is 41.5 Å². The van der Waals surface area contributed by atoms with Gasteiger partial charge in [-0.15, -0.1) is 0 Å².